The summed E-state index contributed by atoms with van der Waals surface area (Å²) >= 11 is 1.45. The number of benzene rings is 2. The first-order valence-electron chi connectivity index (χ1n) is 10.6. The highest BCUT2D eigenvalue weighted by atomic mass is 32.2. The van der Waals surface area contributed by atoms with Crippen molar-refractivity contribution in [2.45, 2.75) is 43.0 Å². The second kappa shape index (κ2) is 9.40. The molecule has 0 aliphatic rings. The summed E-state index contributed by atoms with van der Waals surface area (Å²) < 4.78 is 1.79. The molecule has 0 atom stereocenters. The maximum atomic E-state index is 13.6. The van der Waals surface area contributed by atoms with Crippen LogP contribution >= 0.6 is 11.8 Å². The molecule has 6 heteroatoms. The first-order chi connectivity index (χ1) is 15.5. The average molecular weight is 445 g/mol. The first-order valence-corrected chi connectivity index (χ1v) is 11.4. The maximum absolute atomic E-state index is 13.6. The van der Waals surface area contributed by atoms with Crippen molar-refractivity contribution in [2.75, 3.05) is 0 Å². The van der Waals surface area contributed by atoms with Crippen LogP contribution in [0, 0.1) is 0 Å². The molecule has 0 saturated carbocycles. The Morgan fingerprint density at radius 3 is 2.34 bits per heavy atom. The number of hydrogen-bond donors (Lipinski definition) is 1. The van der Waals surface area contributed by atoms with E-state index in [4.69, 9.17) is 4.98 Å². The normalized spacial score (nSPS) is 11.1. The molecule has 0 radical (unpaired) electrons. The predicted molar refractivity (Wildman–Crippen MR) is 128 cm³/mol. The van der Waals surface area contributed by atoms with Gasteiger partial charge in [0, 0.05) is 21.7 Å². The third kappa shape index (κ3) is 4.46. The molecule has 1 N–H and O–H groups in total. The van der Waals surface area contributed by atoms with Crippen LogP contribution in [0.15, 0.2) is 81.3 Å². The second-order valence-corrected chi connectivity index (χ2v) is 8.63. The smallest absolute Gasteiger partial charge is 0.335 e. The summed E-state index contributed by atoms with van der Waals surface area (Å²) in [6.07, 6.45) is 1.55. The molecule has 5 nitrogen and oxygen atoms in total. The number of carboxylic acids is 1. The van der Waals surface area contributed by atoms with Crippen molar-refractivity contribution in [1.29, 1.82) is 0 Å². The van der Waals surface area contributed by atoms with Gasteiger partial charge in [0.15, 0.2) is 0 Å². The molecule has 0 saturated heterocycles. The van der Waals surface area contributed by atoms with Crippen molar-refractivity contribution in [3.63, 3.8) is 0 Å². The van der Waals surface area contributed by atoms with E-state index in [0.717, 1.165) is 45.6 Å². The largest absolute Gasteiger partial charge is 0.478 e. The predicted octanol–water partition coefficient (Wildman–Crippen LogP) is 5.42. The Morgan fingerprint density at radius 2 is 1.72 bits per heavy atom. The summed E-state index contributed by atoms with van der Waals surface area (Å²) in [6.45, 7) is 4.49. The van der Waals surface area contributed by atoms with E-state index in [2.05, 4.69) is 13.8 Å². The molecular weight excluding hydrogens is 420 g/mol. The lowest BCUT2D eigenvalue weighted by molar-refractivity contribution is 0.0697. The number of aryl methyl sites for hydroxylation is 2. The van der Waals surface area contributed by atoms with Gasteiger partial charge in [-0.2, -0.15) is 0 Å². The van der Waals surface area contributed by atoms with Gasteiger partial charge in [-0.15, -0.1) is 0 Å². The van der Waals surface area contributed by atoms with Crippen LogP contribution in [0.1, 0.15) is 41.2 Å². The molecule has 0 aliphatic heterocycles. The molecule has 0 fully saturated rings. The van der Waals surface area contributed by atoms with Crippen molar-refractivity contribution in [3.05, 3.63) is 99.6 Å². The van der Waals surface area contributed by atoms with E-state index in [1.807, 2.05) is 42.5 Å². The van der Waals surface area contributed by atoms with Gasteiger partial charge in [-0.3, -0.25) is 9.78 Å². The van der Waals surface area contributed by atoms with Gasteiger partial charge in [-0.05, 0) is 54.8 Å². The monoisotopic (exact) mass is 444 g/mol. The zero-order chi connectivity index (χ0) is 22.7. The Kier molecular flexibility index (Phi) is 6.42. The van der Waals surface area contributed by atoms with Crippen LogP contribution in [0.3, 0.4) is 0 Å². The molecule has 162 valence electrons. The van der Waals surface area contributed by atoms with E-state index in [0.29, 0.717) is 11.4 Å². The summed E-state index contributed by atoms with van der Waals surface area (Å²) in [5.74, 6) is -0.966. The summed E-state index contributed by atoms with van der Waals surface area (Å²) in [7, 11) is 0. The number of pyridine rings is 2. The Morgan fingerprint density at radius 1 is 1.00 bits per heavy atom. The van der Waals surface area contributed by atoms with E-state index in [9.17, 15) is 14.7 Å². The minimum atomic E-state index is -0.966. The molecular formula is C26H24N2O3S. The summed E-state index contributed by atoms with van der Waals surface area (Å²) in [5, 5.41) is 10.2. The lowest BCUT2D eigenvalue weighted by Gasteiger charge is -2.16. The molecule has 32 heavy (non-hydrogen) atoms. The molecule has 0 spiro atoms. The van der Waals surface area contributed by atoms with Gasteiger partial charge in [-0.25, -0.2) is 4.79 Å². The SMILES string of the molecule is CCc1cc2c(cc(Sc3ccccc3)c(=O)n2Cc2ccc(C(=O)O)cc2)c(CC)n1. The highest BCUT2D eigenvalue weighted by Crippen LogP contribution is 2.29. The molecule has 0 amide bonds. The second-order valence-electron chi connectivity index (χ2n) is 7.52. The van der Waals surface area contributed by atoms with Crippen LogP contribution in [0.4, 0.5) is 0 Å². The zero-order valence-corrected chi connectivity index (χ0v) is 18.9. The summed E-state index contributed by atoms with van der Waals surface area (Å²) in [5.41, 5.74) is 3.82. The molecule has 0 bridgehead atoms. The number of rotatable bonds is 7. The number of aromatic nitrogens is 2. The van der Waals surface area contributed by atoms with Crippen LogP contribution in [-0.4, -0.2) is 20.6 Å². The van der Waals surface area contributed by atoms with E-state index in [1.165, 1.54) is 11.8 Å². The van der Waals surface area contributed by atoms with Crippen molar-refractivity contribution < 1.29 is 9.90 Å². The van der Waals surface area contributed by atoms with Gasteiger partial charge >= 0.3 is 5.97 Å². The first kappa shape index (κ1) is 21.8. The lowest BCUT2D eigenvalue weighted by Crippen LogP contribution is -2.23. The van der Waals surface area contributed by atoms with Crippen LogP contribution in [0.2, 0.25) is 0 Å². The van der Waals surface area contributed by atoms with Gasteiger partial charge < -0.3 is 9.67 Å². The third-order valence-corrected chi connectivity index (χ3v) is 6.42. The topological polar surface area (TPSA) is 72.2 Å². The van der Waals surface area contributed by atoms with E-state index >= 15 is 0 Å². The molecule has 4 rings (SSSR count). The van der Waals surface area contributed by atoms with Crippen molar-refractivity contribution in [2.24, 2.45) is 0 Å². The van der Waals surface area contributed by atoms with Crippen molar-refractivity contribution in [1.82, 2.24) is 9.55 Å². The summed E-state index contributed by atoms with van der Waals surface area (Å²) in [4.78, 5) is 31.2. The Hall–Kier alpha value is -3.38. The van der Waals surface area contributed by atoms with E-state index in [1.54, 1.807) is 28.8 Å². The lowest BCUT2D eigenvalue weighted by atomic mass is 10.1. The number of nitrogens with zero attached hydrogens (tertiary/aromatic N) is 2. The van der Waals surface area contributed by atoms with Gasteiger partial charge in [0.1, 0.15) is 0 Å². The molecule has 2 heterocycles. The van der Waals surface area contributed by atoms with Crippen LogP contribution < -0.4 is 5.56 Å². The Bertz CT molecular complexity index is 1330. The van der Waals surface area contributed by atoms with Gasteiger partial charge in [-0.1, -0.05) is 55.9 Å². The third-order valence-electron chi connectivity index (χ3n) is 5.40. The Balaban J connectivity index is 1.90. The number of fused-ring (bicyclic) bond motifs is 1. The molecule has 4 aromatic rings. The average Bonchev–Trinajstić information content (AvgIpc) is 2.82. The number of hydrogen-bond acceptors (Lipinski definition) is 4. The van der Waals surface area contributed by atoms with E-state index < -0.39 is 5.97 Å². The molecule has 2 aromatic heterocycles. The molecule has 0 unspecified atom stereocenters. The van der Waals surface area contributed by atoms with Crippen LogP contribution in [-0.2, 0) is 19.4 Å². The van der Waals surface area contributed by atoms with Crippen LogP contribution in [0.25, 0.3) is 10.9 Å². The molecule has 0 aliphatic carbocycles. The zero-order valence-electron chi connectivity index (χ0n) is 18.0. The number of aromatic carboxylic acids is 1. The Labute approximate surface area is 190 Å². The van der Waals surface area contributed by atoms with Gasteiger partial charge in [0.05, 0.1) is 22.5 Å². The minimum absolute atomic E-state index is 0.0658. The van der Waals surface area contributed by atoms with Crippen molar-refractivity contribution in [3.8, 4) is 0 Å². The van der Waals surface area contributed by atoms with Gasteiger partial charge in [0.25, 0.3) is 5.56 Å². The highest BCUT2D eigenvalue weighted by Gasteiger charge is 2.15. The standard InChI is InChI=1S/C26H24N2O3S/c1-3-19-14-23-21(22(4-2)27-19)15-24(32-20-8-6-5-7-9-20)25(29)28(23)16-17-10-12-18(13-11-17)26(30)31/h5-15H,3-4,16H2,1-2H3,(H,30,31). The number of carboxylic acid groups (broad SMARTS) is 1. The fourth-order valence-electron chi connectivity index (χ4n) is 3.70. The van der Waals surface area contributed by atoms with E-state index in [-0.39, 0.29) is 11.1 Å². The highest BCUT2D eigenvalue weighted by molar-refractivity contribution is 7.99. The fraction of sp³-hybridized carbons (Fsp3) is 0.192. The number of carbonyl (C=O) groups is 1. The van der Waals surface area contributed by atoms with Crippen molar-refractivity contribution >= 4 is 28.6 Å². The van der Waals surface area contributed by atoms with Crippen LogP contribution in [0.5, 0.6) is 0 Å². The minimum Gasteiger partial charge on any atom is -0.478 e. The summed E-state index contributed by atoms with van der Waals surface area (Å²) in [6, 6.07) is 20.5. The maximum Gasteiger partial charge on any atom is 0.335 e. The quantitative estimate of drug-likeness (QED) is 0.412. The van der Waals surface area contributed by atoms with Gasteiger partial charge in [0.2, 0.25) is 0 Å². The fourth-order valence-corrected chi connectivity index (χ4v) is 4.62. The molecule has 2 aromatic carbocycles.